The molecule has 0 spiro atoms. The van der Waals surface area contributed by atoms with Gasteiger partial charge in [0, 0.05) is 18.4 Å². The van der Waals surface area contributed by atoms with Crippen LogP contribution < -0.4 is 10.1 Å². The van der Waals surface area contributed by atoms with Gasteiger partial charge in [0.2, 0.25) is 0 Å². The number of hydrogen-bond acceptors (Lipinski definition) is 5. The zero-order valence-corrected chi connectivity index (χ0v) is 16.2. The van der Waals surface area contributed by atoms with E-state index in [0.29, 0.717) is 12.1 Å². The van der Waals surface area contributed by atoms with Gasteiger partial charge >= 0.3 is 0 Å². The van der Waals surface area contributed by atoms with E-state index in [1.54, 1.807) is 7.11 Å². The maximum absolute atomic E-state index is 12.4. The Morgan fingerprint density at radius 1 is 1.08 bits per heavy atom. The molecule has 0 aliphatic heterocycles. The van der Waals surface area contributed by atoms with Gasteiger partial charge in [-0.2, -0.15) is 0 Å². The van der Waals surface area contributed by atoms with Crippen molar-refractivity contribution in [1.82, 2.24) is 10.2 Å². The van der Waals surface area contributed by atoms with E-state index in [2.05, 4.69) is 5.32 Å². The van der Waals surface area contributed by atoms with Gasteiger partial charge in [-0.3, -0.25) is 4.79 Å². The summed E-state index contributed by atoms with van der Waals surface area (Å²) in [6, 6.07) is 13.6. The fourth-order valence-electron chi connectivity index (χ4n) is 2.57. The van der Waals surface area contributed by atoms with Crippen LogP contribution in [-0.4, -0.2) is 53.2 Å². The van der Waals surface area contributed by atoms with Crippen LogP contribution in [0, 0.1) is 0 Å². The van der Waals surface area contributed by atoms with Gasteiger partial charge < -0.3 is 15.0 Å². The minimum absolute atomic E-state index is 0.000138. The Kier molecular flexibility index (Phi) is 6.39. The lowest BCUT2D eigenvalue weighted by atomic mass is 10.1. The van der Waals surface area contributed by atoms with E-state index in [1.165, 1.54) is 24.3 Å². The molecule has 0 aromatic heterocycles. The molecule has 1 atom stereocenters. The molecular formula is C19H24N2O4S. The van der Waals surface area contributed by atoms with Gasteiger partial charge in [-0.05, 0) is 56.1 Å². The summed E-state index contributed by atoms with van der Waals surface area (Å²) in [5.74, 6) is 0.534. The molecule has 0 fully saturated rings. The molecule has 0 saturated heterocycles. The van der Waals surface area contributed by atoms with E-state index in [4.69, 9.17) is 4.74 Å². The van der Waals surface area contributed by atoms with Crippen LogP contribution in [0.25, 0.3) is 0 Å². The lowest BCUT2D eigenvalue weighted by molar-refractivity contribution is 0.0942. The van der Waals surface area contributed by atoms with Crippen LogP contribution in [-0.2, 0) is 9.84 Å². The highest BCUT2D eigenvalue weighted by Gasteiger charge is 2.16. The number of carbonyl (C=O) groups is 1. The van der Waals surface area contributed by atoms with Gasteiger partial charge in [-0.15, -0.1) is 0 Å². The van der Waals surface area contributed by atoms with E-state index in [9.17, 15) is 13.2 Å². The number of methoxy groups -OCH3 is 1. The summed E-state index contributed by atoms with van der Waals surface area (Å²) >= 11 is 0. The number of ether oxygens (including phenoxy) is 1. The predicted octanol–water partition coefficient (Wildman–Crippen LogP) is 2.13. The van der Waals surface area contributed by atoms with Crippen molar-refractivity contribution in [3.63, 3.8) is 0 Å². The normalized spacial score (nSPS) is 12.7. The summed E-state index contributed by atoms with van der Waals surface area (Å²) in [4.78, 5) is 14.6. The first-order valence-electron chi connectivity index (χ1n) is 8.11. The Labute approximate surface area is 154 Å². The molecule has 0 aliphatic carbocycles. The SMILES string of the molecule is COc1ccc([C@@H](CNC(=O)c2ccc(S(C)(=O)=O)cc2)N(C)C)cc1. The van der Waals surface area contributed by atoms with Crippen LogP contribution in [0.1, 0.15) is 22.0 Å². The maximum Gasteiger partial charge on any atom is 0.251 e. The largest absolute Gasteiger partial charge is 0.497 e. The van der Waals surface area contributed by atoms with Crippen LogP contribution in [0.4, 0.5) is 0 Å². The molecule has 0 heterocycles. The third-order valence-electron chi connectivity index (χ3n) is 4.12. The molecule has 0 bridgehead atoms. The molecule has 1 N–H and O–H groups in total. The van der Waals surface area contributed by atoms with Crippen molar-refractivity contribution in [3.8, 4) is 5.75 Å². The minimum atomic E-state index is -3.27. The number of carbonyl (C=O) groups excluding carboxylic acids is 1. The van der Waals surface area contributed by atoms with Gasteiger partial charge in [0.1, 0.15) is 5.75 Å². The predicted molar refractivity (Wildman–Crippen MR) is 101 cm³/mol. The van der Waals surface area contributed by atoms with Crippen LogP contribution in [0.3, 0.4) is 0 Å². The van der Waals surface area contributed by atoms with Gasteiger partial charge in [0.05, 0.1) is 18.0 Å². The highest BCUT2D eigenvalue weighted by molar-refractivity contribution is 7.90. The van der Waals surface area contributed by atoms with Crippen molar-refractivity contribution in [2.24, 2.45) is 0 Å². The second-order valence-electron chi connectivity index (χ2n) is 6.26. The third-order valence-corrected chi connectivity index (χ3v) is 5.25. The van der Waals surface area contributed by atoms with E-state index in [0.717, 1.165) is 17.6 Å². The number of amides is 1. The second kappa shape index (κ2) is 8.33. The first kappa shape index (κ1) is 19.9. The summed E-state index contributed by atoms with van der Waals surface area (Å²) in [6.07, 6.45) is 1.14. The molecule has 140 valence electrons. The van der Waals surface area contributed by atoms with Crippen LogP contribution in [0.2, 0.25) is 0 Å². The number of nitrogens with one attached hydrogen (secondary N) is 1. The quantitative estimate of drug-likeness (QED) is 0.801. The van der Waals surface area contributed by atoms with Gasteiger partial charge in [-0.25, -0.2) is 8.42 Å². The molecule has 6 nitrogen and oxygen atoms in total. The molecule has 2 aromatic rings. The van der Waals surface area contributed by atoms with Crippen LogP contribution in [0.15, 0.2) is 53.4 Å². The highest BCUT2D eigenvalue weighted by atomic mass is 32.2. The number of rotatable bonds is 7. The lowest BCUT2D eigenvalue weighted by Gasteiger charge is -2.25. The topological polar surface area (TPSA) is 75.7 Å². The van der Waals surface area contributed by atoms with E-state index in [1.807, 2.05) is 43.3 Å². The average molecular weight is 376 g/mol. The average Bonchev–Trinajstić information content (AvgIpc) is 2.61. The van der Waals surface area contributed by atoms with E-state index >= 15 is 0 Å². The van der Waals surface area contributed by atoms with Gasteiger partial charge in [-0.1, -0.05) is 12.1 Å². The van der Waals surface area contributed by atoms with Crippen molar-refractivity contribution in [3.05, 3.63) is 59.7 Å². The molecule has 2 rings (SSSR count). The Balaban J connectivity index is 2.07. The zero-order chi connectivity index (χ0) is 19.3. The van der Waals surface area contributed by atoms with E-state index in [-0.39, 0.29) is 16.8 Å². The molecule has 1 amide bonds. The Morgan fingerprint density at radius 2 is 1.65 bits per heavy atom. The van der Waals surface area contributed by atoms with E-state index < -0.39 is 9.84 Å². The van der Waals surface area contributed by atoms with Crippen LogP contribution >= 0.6 is 0 Å². The van der Waals surface area contributed by atoms with Crippen molar-refractivity contribution in [2.45, 2.75) is 10.9 Å². The first-order valence-corrected chi connectivity index (χ1v) is 10.00. The highest BCUT2D eigenvalue weighted by Crippen LogP contribution is 2.21. The molecule has 0 unspecified atom stereocenters. The fourth-order valence-corrected chi connectivity index (χ4v) is 3.20. The number of benzene rings is 2. The Morgan fingerprint density at radius 3 is 2.12 bits per heavy atom. The number of sulfone groups is 1. The third kappa shape index (κ3) is 5.06. The Bertz CT molecular complexity index is 844. The van der Waals surface area contributed by atoms with Gasteiger partial charge in [0.15, 0.2) is 9.84 Å². The molecule has 0 saturated carbocycles. The summed E-state index contributed by atoms with van der Waals surface area (Å²) in [7, 11) is 2.24. The maximum atomic E-state index is 12.4. The molecule has 7 heteroatoms. The first-order chi connectivity index (χ1) is 12.2. The van der Waals surface area contributed by atoms with Crippen molar-refractivity contribution >= 4 is 15.7 Å². The lowest BCUT2D eigenvalue weighted by Crippen LogP contribution is -2.34. The molecule has 26 heavy (non-hydrogen) atoms. The second-order valence-corrected chi connectivity index (χ2v) is 8.27. The molecule has 0 aliphatic rings. The Hall–Kier alpha value is -2.38. The standard InChI is InChI=1S/C19H24N2O4S/c1-21(2)18(14-5-9-16(25-3)10-6-14)13-20-19(22)15-7-11-17(12-8-15)26(4,23)24/h5-12,18H,13H2,1-4H3,(H,20,22)/t18-/m1/s1. The fraction of sp³-hybridized carbons (Fsp3) is 0.316. The molecule has 0 radical (unpaired) electrons. The van der Waals surface area contributed by atoms with Crippen molar-refractivity contribution in [1.29, 1.82) is 0 Å². The number of likely N-dealkylation sites (N-methyl/N-ethyl adjacent to an activating group) is 1. The number of nitrogens with zero attached hydrogens (tertiary/aromatic N) is 1. The summed E-state index contributed by atoms with van der Waals surface area (Å²) in [5, 5.41) is 2.90. The molecular weight excluding hydrogens is 352 g/mol. The van der Waals surface area contributed by atoms with Crippen molar-refractivity contribution in [2.75, 3.05) is 34.0 Å². The number of hydrogen-bond donors (Lipinski definition) is 1. The zero-order valence-electron chi connectivity index (χ0n) is 15.4. The molecule has 2 aromatic carbocycles. The monoisotopic (exact) mass is 376 g/mol. The smallest absolute Gasteiger partial charge is 0.251 e. The van der Waals surface area contributed by atoms with Crippen LogP contribution in [0.5, 0.6) is 5.75 Å². The van der Waals surface area contributed by atoms with Crippen molar-refractivity contribution < 1.29 is 17.9 Å². The summed E-state index contributed by atoms with van der Waals surface area (Å²) in [5.41, 5.74) is 1.48. The van der Waals surface area contributed by atoms with Gasteiger partial charge in [0.25, 0.3) is 5.91 Å². The summed E-state index contributed by atoms with van der Waals surface area (Å²) < 4.78 is 28.2. The minimum Gasteiger partial charge on any atom is -0.497 e. The summed E-state index contributed by atoms with van der Waals surface area (Å²) in [6.45, 7) is 0.423.